The van der Waals surface area contributed by atoms with E-state index in [0.717, 1.165) is 46.6 Å². The zero-order valence-corrected chi connectivity index (χ0v) is 16.8. The van der Waals surface area contributed by atoms with Gasteiger partial charge in [-0.05, 0) is 61.4 Å². The van der Waals surface area contributed by atoms with Gasteiger partial charge in [-0.1, -0.05) is 0 Å². The van der Waals surface area contributed by atoms with E-state index < -0.39 is 0 Å². The lowest BCUT2D eigenvalue weighted by Gasteiger charge is -2.10. The van der Waals surface area contributed by atoms with Gasteiger partial charge in [0.2, 0.25) is 5.95 Å². The van der Waals surface area contributed by atoms with E-state index in [4.69, 9.17) is 4.74 Å². The molecule has 9 heteroatoms. The molecule has 0 saturated carbocycles. The first-order chi connectivity index (χ1) is 15.3. The highest BCUT2D eigenvalue weighted by Gasteiger charge is 2.07. The lowest BCUT2D eigenvalue weighted by molar-refractivity contribution is 0.318. The molecule has 0 spiro atoms. The van der Waals surface area contributed by atoms with E-state index in [1.165, 1.54) is 0 Å². The van der Waals surface area contributed by atoms with Crippen LogP contribution in [-0.4, -0.2) is 44.7 Å². The zero-order chi connectivity index (χ0) is 20.9. The van der Waals surface area contributed by atoms with Gasteiger partial charge in [0, 0.05) is 22.9 Å². The lowest BCUT2D eigenvalue weighted by Crippen LogP contribution is -2.20. The van der Waals surface area contributed by atoms with E-state index >= 15 is 0 Å². The predicted molar refractivity (Wildman–Crippen MR) is 121 cm³/mol. The fraction of sp³-hybridized carbons (Fsp3) is 0.182. The normalized spacial score (nSPS) is 13.2. The molecule has 0 unspecified atom stereocenters. The van der Waals surface area contributed by atoms with Gasteiger partial charge in [-0.25, -0.2) is 4.99 Å². The molecule has 2 aromatic carbocycles. The maximum atomic E-state index is 5.79. The minimum Gasteiger partial charge on any atom is -0.492 e. The lowest BCUT2D eigenvalue weighted by atomic mass is 10.2. The van der Waals surface area contributed by atoms with Crippen molar-refractivity contribution in [1.29, 1.82) is 0 Å². The summed E-state index contributed by atoms with van der Waals surface area (Å²) in [6, 6.07) is 13.7. The molecule has 0 fully saturated rings. The van der Waals surface area contributed by atoms with Crippen LogP contribution in [0.5, 0.6) is 5.75 Å². The summed E-state index contributed by atoms with van der Waals surface area (Å²) in [7, 11) is 0. The van der Waals surface area contributed by atoms with Crippen LogP contribution >= 0.6 is 0 Å². The molecule has 0 bridgehead atoms. The Hall–Kier alpha value is -4.14. The van der Waals surface area contributed by atoms with Gasteiger partial charge in [-0.3, -0.25) is 10.2 Å². The van der Waals surface area contributed by atoms with E-state index in [2.05, 4.69) is 47.1 Å². The quantitative estimate of drug-likeness (QED) is 0.326. The molecule has 0 amide bonds. The smallest absolute Gasteiger partial charge is 0.246 e. The molecule has 31 heavy (non-hydrogen) atoms. The highest BCUT2D eigenvalue weighted by molar-refractivity contribution is 5.82. The second kappa shape index (κ2) is 8.70. The number of H-pyrrole nitrogens is 2. The molecule has 9 nitrogen and oxygen atoms in total. The van der Waals surface area contributed by atoms with Crippen molar-refractivity contribution in [3.8, 4) is 17.1 Å². The van der Waals surface area contributed by atoms with Crippen molar-refractivity contribution in [3.63, 3.8) is 0 Å². The molecule has 0 radical (unpaired) electrons. The van der Waals surface area contributed by atoms with Gasteiger partial charge in [-0.15, -0.1) is 5.10 Å². The average Bonchev–Trinajstić information content (AvgIpc) is 3.47. The van der Waals surface area contributed by atoms with E-state index in [9.17, 15) is 0 Å². The molecule has 5 rings (SSSR count). The number of anilines is 2. The zero-order valence-electron chi connectivity index (χ0n) is 16.8. The molecule has 156 valence electrons. The fourth-order valence-electron chi connectivity index (χ4n) is 3.28. The summed E-state index contributed by atoms with van der Waals surface area (Å²) < 4.78 is 5.79. The van der Waals surface area contributed by atoms with Crippen LogP contribution < -0.4 is 15.4 Å². The maximum Gasteiger partial charge on any atom is 0.246 e. The Balaban J connectivity index is 1.16. The van der Waals surface area contributed by atoms with Gasteiger partial charge >= 0.3 is 0 Å². The highest BCUT2D eigenvalue weighted by Crippen LogP contribution is 2.23. The number of hydrogen-bond donors (Lipinski definition) is 4. The summed E-state index contributed by atoms with van der Waals surface area (Å²) in [5.41, 5.74) is 2.81. The molecule has 0 saturated heterocycles. The third-order valence-electron chi connectivity index (χ3n) is 4.85. The van der Waals surface area contributed by atoms with Gasteiger partial charge in [0.05, 0.1) is 18.3 Å². The standard InChI is InChI=1S/C22H22N8O/c1-2-10-23-20(3-1)24-11-12-31-18-7-4-15(5-8-18)21-27-22(30-29-21)26-17-6-9-19-16(13-17)14-25-28-19/h3-10,13-14,24H,1-2,11-12H2,(H,25,28)(H2,26,27,29,30). The molecule has 0 aliphatic carbocycles. The van der Waals surface area contributed by atoms with Crippen molar-refractivity contribution < 1.29 is 4.74 Å². The van der Waals surface area contributed by atoms with Crippen LogP contribution in [0.15, 0.2) is 65.6 Å². The largest absolute Gasteiger partial charge is 0.492 e. The monoisotopic (exact) mass is 414 g/mol. The van der Waals surface area contributed by atoms with E-state index in [-0.39, 0.29) is 0 Å². The number of hydrogen-bond acceptors (Lipinski definition) is 7. The molecule has 3 heterocycles. The molecule has 4 N–H and O–H groups in total. The number of aromatic nitrogens is 5. The van der Waals surface area contributed by atoms with Gasteiger partial charge in [0.15, 0.2) is 5.82 Å². The van der Waals surface area contributed by atoms with Gasteiger partial charge in [-0.2, -0.15) is 10.1 Å². The third-order valence-corrected chi connectivity index (χ3v) is 4.85. The number of fused-ring (bicyclic) bond motifs is 1. The molecular formula is C22H22N8O. The number of nitrogens with one attached hydrogen (secondary N) is 4. The van der Waals surface area contributed by atoms with E-state index in [0.29, 0.717) is 24.9 Å². The number of aromatic amines is 2. The number of aliphatic imine (C=N–C) groups is 1. The highest BCUT2D eigenvalue weighted by atomic mass is 16.5. The van der Waals surface area contributed by atoms with Crippen LogP contribution in [0.4, 0.5) is 11.6 Å². The number of ether oxygens (including phenoxy) is 1. The van der Waals surface area contributed by atoms with Crippen LogP contribution in [0.3, 0.4) is 0 Å². The van der Waals surface area contributed by atoms with Crippen molar-refractivity contribution in [2.75, 3.05) is 18.5 Å². The summed E-state index contributed by atoms with van der Waals surface area (Å²) in [6.07, 6.45) is 7.87. The van der Waals surface area contributed by atoms with Crippen molar-refractivity contribution in [3.05, 3.63) is 60.6 Å². The van der Waals surface area contributed by atoms with Crippen molar-refractivity contribution in [1.82, 2.24) is 30.7 Å². The summed E-state index contributed by atoms with van der Waals surface area (Å²) in [6.45, 7) is 1.26. The first-order valence-corrected chi connectivity index (χ1v) is 10.2. The summed E-state index contributed by atoms with van der Waals surface area (Å²) in [5, 5.41) is 21.7. The minimum atomic E-state index is 0.504. The van der Waals surface area contributed by atoms with E-state index in [1.807, 2.05) is 48.7 Å². The Morgan fingerprint density at radius 2 is 1.97 bits per heavy atom. The Bertz CT molecular complexity index is 1220. The second-order valence-electron chi connectivity index (χ2n) is 7.08. The number of rotatable bonds is 8. The topological polar surface area (TPSA) is 116 Å². The number of nitrogens with zero attached hydrogens (tertiary/aromatic N) is 4. The van der Waals surface area contributed by atoms with Crippen LogP contribution in [0.2, 0.25) is 0 Å². The number of benzene rings is 2. The van der Waals surface area contributed by atoms with Crippen LogP contribution in [-0.2, 0) is 0 Å². The Morgan fingerprint density at radius 3 is 2.84 bits per heavy atom. The Morgan fingerprint density at radius 1 is 1.03 bits per heavy atom. The molecule has 4 aromatic rings. The van der Waals surface area contributed by atoms with Crippen LogP contribution in [0.25, 0.3) is 22.3 Å². The average molecular weight is 414 g/mol. The van der Waals surface area contributed by atoms with Gasteiger partial charge in [0.1, 0.15) is 18.2 Å². The van der Waals surface area contributed by atoms with Crippen molar-refractivity contribution >= 4 is 28.8 Å². The Kier molecular flexibility index (Phi) is 5.29. The SMILES string of the molecule is C1=NC(NCCOc2ccc(-c3nc(Nc4ccc5[nH]ncc5c4)n[nH]3)cc2)=CCC1. The van der Waals surface area contributed by atoms with Crippen LogP contribution in [0.1, 0.15) is 12.8 Å². The van der Waals surface area contributed by atoms with Gasteiger partial charge in [0.25, 0.3) is 0 Å². The maximum absolute atomic E-state index is 5.79. The number of allylic oxidation sites excluding steroid dienone is 1. The molecule has 2 aromatic heterocycles. The molecule has 1 aliphatic rings. The first-order valence-electron chi connectivity index (χ1n) is 10.2. The minimum absolute atomic E-state index is 0.504. The summed E-state index contributed by atoms with van der Waals surface area (Å²) >= 11 is 0. The van der Waals surface area contributed by atoms with Crippen LogP contribution in [0, 0.1) is 0 Å². The summed E-state index contributed by atoms with van der Waals surface area (Å²) in [4.78, 5) is 8.83. The van der Waals surface area contributed by atoms with Crippen molar-refractivity contribution in [2.24, 2.45) is 4.99 Å². The molecular weight excluding hydrogens is 392 g/mol. The molecule has 1 aliphatic heterocycles. The third kappa shape index (κ3) is 4.55. The van der Waals surface area contributed by atoms with E-state index in [1.54, 1.807) is 6.20 Å². The van der Waals surface area contributed by atoms with Gasteiger partial charge < -0.3 is 15.4 Å². The first kappa shape index (κ1) is 18.9. The predicted octanol–water partition coefficient (Wildman–Crippen LogP) is 3.77. The molecule has 0 atom stereocenters. The fourth-order valence-corrected chi connectivity index (χ4v) is 3.28. The summed E-state index contributed by atoms with van der Waals surface area (Å²) in [5.74, 6) is 2.91. The second-order valence-corrected chi connectivity index (χ2v) is 7.08. The van der Waals surface area contributed by atoms with Crippen molar-refractivity contribution in [2.45, 2.75) is 12.8 Å². The Labute approximate surface area is 178 Å².